The molecule has 0 N–H and O–H groups in total. The van der Waals surface area contributed by atoms with Crippen molar-refractivity contribution in [3.8, 4) is 5.75 Å². The van der Waals surface area contributed by atoms with Crippen LogP contribution in [0, 0.1) is 5.82 Å². The predicted octanol–water partition coefficient (Wildman–Crippen LogP) is 1.73. The first-order valence-electron chi connectivity index (χ1n) is 8.16. The van der Waals surface area contributed by atoms with E-state index in [1.54, 1.807) is 31.3 Å². The number of para-hydroxylation sites is 1. The number of ether oxygens (including phenoxy) is 1. The molecule has 1 fully saturated rings. The molecule has 0 aliphatic carbocycles. The van der Waals surface area contributed by atoms with Crippen molar-refractivity contribution in [3.63, 3.8) is 0 Å². The van der Waals surface area contributed by atoms with Crippen molar-refractivity contribution >= 4 is 15.9 Å². The first-order chi connectivity index (χ1) is 12.4. The molecule has 6 nitrogen and oxygen atoms in total. The van der Waals surface area contributed by atoms with E-state index in [4.69, 9.17) is 4.74 Å². The Kier molecular flexibility index (Phi) is 3.96. The molecule has 0 aromatic heterocycles. The summed E-state index contributed by atoms with van der Waals surface area (Å²) in [5.41, 5.74) is 0.462. The van der Waals surface area contributed by atoms with Gasteiger partial charge in [0.05, 0.1) is 23.0 Å². The lowest BCUT2D eigenvalue weighted by atomic mass is 10.1. The Balaban J connectivity index is 1.67. The summed E-state index contributed by atoms with van der Waals surface area (Å²) < 4.78 is 46.4. The van der Waals surface area contributed by atoms with E-state index in [9.17, 15) is 17.6 Å². The summed E-state index contributed by atoms with van der Waals surface area (Å²) in [6, 6.07) is 11.4. The van der Waals surface area contributed by atoms with Gasteiger partial charge < -0.3 is 9.64 Å². The van der Waals surface area contributed by atoms with Gasteiger partial charge in [-0.2, -0.15) is 4.31 Å². The lowest BCUT2D eigenvalue weighted by Crippen LogP contribution is -2.44. The highest BCUT2D eigenvalue weighted by molar-refractivity contribution is 7.89. The fourth-order valence-corrected chi connectivity index (χ4v) is 4.94. The Morgan fingerprint density at radius 2 is 1.88 bits per heavy atom. The quantitative estimate of drug-likeness (QED) is 0.801. The Labute approximate surface area is 150 Å². The zero-order valence-corrected chi connectivity index (χ0v) is 14.8. The van der Waals surface area contributed by atoms with Gasteiger partial charge in [0.2, 0.25) is 10.0 Å². The maximum atomic E-state index is 13.5. The van der Waals surface area contributed by atoms with Crippen LogP contribution in [0.5, 0.6) is 5.75 Å². The van der Waals surface area contributed by atoms with Crippen molar-refractivity contribution in [2.24, 2.45) is 0 Å². The van der Waals surface area contributed by atoms with Crippen molar-refractivity contribution in [3.05, 3.63) is 59.9 Å². The van der Waals surface area contributed by atoms with Gasteiger partial charge in [-0.3, -0.25) is 4.79 Å². The summed E-state index contributed by atoms with van der Waals surface area (Å²) in [4.78, 5) is 14.1. The normalized spacial score (nSPS) is 23.2. The fourth-order valence-electron chi connectivity index (χ4n) is 3.43. The van der Waals surface area contributed by atoms with E-state index in [0.29, 0.717) is 11.3 Å². The van der Waals surface area contributed by atoms with E-state index in [-0.39, 0.29) is 23.9 Å². The first kappa shape index (κ1) is 17.0. The molecule has 2 heterocycles. The number of nitrogens with zero attached hydrogens (tertiary/aromatic N) is 2. The number of amides is 1. The number of carbonyl (C=O) groups is 1. The molecule has 2 aromatic carbocycles. The highest BCUT2D eigenvalue weighted by atomic mass is 32.2. The third kappa shape index (κ3) is 2.65. The first-order valence-corrected chi connectivity index (χ1v) is 9.60. The van der Waals surface area contributed by atoms with Gasteiger partial charge in [-0.15, -0.1) is 0 Å². The van der Waals surface area contributed by atoms with E-state index in [1.807, 2.05) is 0 Å². The third-order valence-corrected chi connectivity index (χ3v) is 6.68. The highest BCUT2D eigenvalue weighted by Crippen LogP contribution is 2.32. The highest BCUT2D eigenvalue weighted by Gasteiger charge is 2.46. The summed E-state index contributed by atoms with van der Waals surface area (Å²) in [6.45, 7) is 0.190. The monoisotopic (exact) mass is 376 g/mol. The Hall–Kier alpha value is -2.45. The van der Waals surface area contributed by atoms with Crippen LogP contribution in [0.4, 0.5) is 4.39 Å². The Morgan fingerprint density at radius 1 is 1.12 bits per heavy atom. The molecule has 2 aliphatic heterocycles. The second-order valence-electron chi connectivity index (χ2n) is 6.42. The minimum Gasteiger partial charge on any atom is -0.486 e. The van der Waals surface area contributed by atoms with E-state index in [2.05, 4.69) is 0 Å². The second kappa shape index (κ2) is 6.07. The van der Waals surface area contributed by atoms with Gasteiger partial charge >= 0.3 is 0 Å². The van der Waals surface area contributed by atoms with Crippen LogP contribution in [0.1, 0.15) is 10.4 Å². The third-order valence-electron chi connectivity index (χ3n) is 4.85. The number of carbonyl (C=O) groups excluding carboxylic acids is 1. The summed E-state index contributed by atoms with van der Waals surface area (Å²) in [6.07, 6.45) is -0.490. The molecule has 136 valence electrons. The number of hydrogen-bond donors (Lipinski definition) is 0. The van der Waals surface area contributed by atoms with Crippen LogP contribution in [0.3, 0.4) is 0 Å². The molecule has 2 aliphatic rings. The largest absolute Gasteiger partial charge is 0.486 e. The van der Waals surface area contributed by atoms with Crippen LogP contribution in [-0.2, 0) is 10.0 Å². The SMILES string of the molecule is CN1C(=O)c2ccccc2OC2CN(S(=O)(=O)c3cccc(F)c3)CC21. The van der Waals surface area contributed by atoms with Gasteiger partial charge in [0.25, 0.3) is 5.91 Å². The Bertz CT molecular complexity index is 979. The van der Waals surface area contributed by atoms with Crippen molar-refractivity contribution < 1.29 is 22.3 Å². The zero-order valence-electron chi connectivity index (χ0n) is 14.0. The van der Waals surface area contributed by atoms with E-state index >= 15 is 0 Å². The van der Waals surface area contributed by atoms with Crippen LogP contribution in [0.15, 0.2) is 53.4 Å². The van der Waals surface area contributed by atoms with Crippen LogP contribution in [-0.4, -0.2) is 55.8 Å². The average Bonchev–Trinajstić information content (AvgIpc) is 3.02. The minimum absolute atomic E-state index is 0.0927. The Morgan fingerprint density at radius 3 is 2.65 bits per heavy atom. The lowest BCUT2D eigenvalue weighted by molar-refractivity contribution is 0.0683. The van der Waals surface area contributed by atoms with Gasteiger partial charge in [0.1, 0.15) is 17.7 Å². The van der Waals surface area contributed by atoms with E-state index in [0.717, 1.165) is 6.07 Å². The number of hydrogen-bond acceptors (Lipinski definition) is 4. The molecule has 0 spiro atoms. The summed E-state index contributed by atoms with van der Waals surface area (Å²) >= 11 is 0. The molecule has 2 aromatic rings. The van der Waals surface area contributed by atoms with Crippen molar-refractivity contribution in [2.45, 2.75) is 17.0 Å². The van der Waals surface area contributed by atoms with Crippen LogP contribution in [0.2, 0.25) is 0 Å². The molecule has 1 saturated heterocycles. The molecule has 26 heavy (non-hydrogen) atoms. The average molecular weight is 376 g/mol. The van der Waals surface area contributed by atoms with E-state index in [1.165, 1.54) is 27.4 Å². The summed E-state index contributed by atoms with van der Waals surface area (Å²) in [5, 5.41) is 0. The standard InChI is InChI=1S/C18H17FN2O4S/c1-20-15-10-21(26(23,24)13-6-4-5-12(19)9-13)11-17(15)25-16-8-3-2-7-14(16)18(20)22/h2-9,15,17H,10-11H2,1H3. The van der Waals surface area contributed by atoms with Gasteiger partial charge in [0, 0.05) is 13.6 Å². The van der Waals surface area contributed by atoms with Crippen LogP contribution >= 0.6 is 0 Å². The zero-order chi connectivity index (χ0) is 18.5. The number of likely N-dealkylation sites (N-methyl/N-ethyl adjacent to an activating group) is 1. The summed E-state index contributed by atoms with van der Waals surface area (Å²) in [5.74, 6) is -0.378. The molecule has 4 rings (SSSR count). The van der Waals surface area contributed by atoms with E-state index < -0.39 is 28.0 Å². The number of rotatable bonds is 2. The van der Waals surface area contributed by atoms with Crippen LogP contribution < -0.4 is 4.74 Å². The van der Waals surface area contributed by atoms with Gasteiger partial charge in [-0.05, 0) is 30.3 Å². The summed E-state index contributed by atoms with van der Waals surface area (Å²) in [7, 11) is -2.23. The lowest BCUT2D eigenvalue weighted by Gasteiger charge is -2.25. The number of halogens is 1. The smallest absolute Gasteiger partial charge is 0.257 e. The van der Waals surface area contributed by atoms with Crippen LogP contribution in [0.25, 0.3) is 0 Å². The van der Waals surface area contributed by atoms with Crippen molar-refractivity contribution in [1.82, 2.24) is 9.21 Å². The molecular formula is C18H17FN2O4S. The molecule has 0 saturated carbocycles. The molecular weight excluding hydrogens is 359 g/mol. The second-order valence-corrected chi connectivity index (χ2v) is 8.35. The topological polar surface area (TPSA) is 66.9 Å². The van der Waals surface area contributed by atoms with Gasteiger partial charge in [-0.1, -0.05) is 18.2 Å². The van der Waals surface area contributed by atoms with Crippen molar-refractivity contribution in [2.75, 3.05) is 20.1 Å². The maximum Gasteiger partial charge on any atom is 0.257 e. The molecule has 2 atom stereocenters. The predicted molar refractivity (Wildman–Crippen MR) is 91.9 cm³/mol. The van der Waals surface area contributed by atoms with Gasteiger partial charge in [0.15, 0.2) is 0 Å². The number of benzene rings is 2. The van der Waals surface area contributed by atoms with Gasteiger partial charge in [-0.25, -0.2) is 12.8 Å². The molecule has 8 heteroatoms. The molecule has 1 amide bonds. The molecule has 2 unspecified atom stereocenters. The molecule has 0 bridgehead atoms. The maximum absolute atomic E-state index is 13.5. The number of fused-ring (bicyclic) bond motifs is 2. The fraction of sp³-hybridized carbons (Fsp3) is 0.278. The van der Waals surface area contributed by atoms with Crippen molar-refractivity contribution in [1.29, 1.82) is 0 Å². The minimum atomic E-state index is -3.87. The molecule has 0 radical (unpaired) electrons. The number of sulfonamides is 1.